The monoisotopic (exact) mass is 264 g/mol. The fraction of sp³-hybridized carbons (Fsp3) is 0.533. The number of hydrogen-bond donors (Lipinski definition) is 2. The van der Waals surface area contributed by atoms with E-state index in [2.05, 4.69) is 19.2 Å². The van der Waals surface area contributed by atoms with E-state index < -0.39 is 0 Å². The lowest BCUT2D eigenvalue weighted by molar-refractivity contribution is 0.0527. The number of ether oxygens (including phenoxy) is 1. The number of carbonyl (C=O) groups excluding carboxylic acids is 1. The number of nitrogen functional groups attached to an aromatic ring is 1. The molecule has 3 N–H and O–H groups in total. The number of nitrogens with two attached hydrogens (primary N) is 1. The predicted molar refractivity (Wildman–Crippen MR) is 79.4 cm³/mol. The highest BCUT2D eigenvalue weighted by Gasteiger charge is 2.13. The Balaban J connectivity index is 2.80. The fourth-order valence-electron chi connectivity index (χ4n) is 1.94. The van der Waals surface area contributed by atoms with Crippen molar-refractivity contribution in [1.29, 1.82) is 0 Å². The van der Waals surface area contributed by atoms with Gasteiger partial charge in [-0.1, -0.05) is 32.8 Å². The van der Waals surface area contributed by atoms with Crippen LogP contribution in [0.5, 0.6) is 0 Å². The Bertz CT molecular complexity index is 415. The second kappa shape index (κ2) is 7.67. The molecule has 0 atom stereocenters. The molecule has 0 heterocycles. The van der Waals surface area contributed by atoms with E-state index in [1.807, 2.05) is 12.1 Å². The third kappa shape index (κ3) is 4.16. The summed E-state index contributed by atoms with van der Waals surface area (Å²) in [7, 11) is 0. The van der Waals surface area contributed by atoms with E-state index in [0.717, 1.165) is 25.1 Å². The topological polar surface area (TPSA) is 64.3 Å². The summed E-state index contributed by atoms with van der Waals surface area (Å²) in [6.45, 7) is 7.35. The van der Waals surface area contributed by atoms with E-state index in [1.54, 1.807) is 13.0 Å². The molecule has 0 aliphatic carbocycles. The van der Waals surface area contributed by atoms with Gasteiger partial charge < -0.3 is 15.8 Å². The van der Waals surface area contributed by atoms with Gasteiger partial charge in [-0.3, -0.25) is 0 Å². The standard InChI is InChI=1S/C15H24N2O2/c1-4-11(5-2)10-17-13-9-7-8-12(14(13)16)15(18)19-6-3/h7-9,11,17H,4-6,10,16H2,1-3H3. The average Bonchev–Trinajstić information content (AvgIpc) is 2.41. The lowest BCUT2D eigenvalue weighted by Gasteiger charge is -2.16. The number of benzene rings is 1. The van der Waals surface area contributed by atoms with Gasteiger partial charge in [0.2, 0.25) is 0 Å². The predicted octanol–water partition coefficient (Wildman–Crippen LogP) is 3.29. The molecule has 1 aromatic carbocycles. The van der Waals surface area contributed by atoms with Crippen molar-refractivity contribution in [3.8, 4) is 0 Å². The lowest BCUT2D eigenvalue weighted by atomic mass is 10.0. The van der Waals surface area contributed by atoms with Gasteiger partial charge in [-0.2, -0.15) is 0 Å². The molecule has 1 aromatic rings. The summed E-state index contributed by atoms with van der Waals surface area (Å²) >= 11 is 0. The molecule has 0 unspecified atom stereocenters. The molecule has 0 aliphatic heterocycles. The van der Waals surface area contributed by atoms with Crippen LogP contribution in [0.2, 0.25) is 0 Å². The molecule has 1 rings (SSSR count). The average molecular weight is 264 g/mol. The van der Waals surface area contributed by atoms with Crippen molar-refractivity contribution in [3.63, 3.8) is 0 Å². The molecular formula is C15H24N2O2. The number of carbonyl (C=O) groups is 1. The lowest BCUT2D eigenvalue weighted by Crippen LogP contribution is -2.15. The normalized spacial score (nSPS) is 10.5. The van der Waals surface area contributed by atoms with Gasteiger partial charge in [0, 0.05) is 6.54 Å². The number of esters is 1. The van der Waals surface area contributed by atoms with Gasteiger partial charge in [-0.25, -0.2) is 4.79 Å². The smallest absolute Gasteiger partial charge is 0.340 e. The first-order chi connectivity index (χ1) is 9.13. The largest absolute Gasteiger partial charge is 0.462 e. The van der Waals surface area contributed by atoms with Crippen molar-refractivity contribution in [2.75, 3.05) is 24.2 Å². The zero-order valence-corrected chi connectivity index (χ0v) is 12.0. The first-order valence-electron chi connectivity index (χ1n) is 6.93. The molecule has 0 spiro atoms. The van der Waals surface area contributed by atoms with Crippen molar-refractivity contribution in [3.05, 3.63) is 23.8 Å². The van der Waals surface area contributed by atoms with Crippen LogP contribution in [0.25, 0.3) is 0 Å². The maximum Gasteiger partial charge on any atom is 0.340 e. The number of hydrogen-bond acceptors (Lipinski definition) is 4. The Morgan fingerprint density at radius 1 is 1.32 bits per heavy atom. The summed E-state index contributed by atoms with van der Waals surface area (Å²) < 4.78 is 4.98. The van der Waals surface area contributed by atoms with Gasteiger partial charge in [0.1, 0.15) is 0 Å². The Morgan fingerprint density at radius 3 is 2.58 bits per heavy atom. The molecule has 106 valence electrons. The SMILES string of the molecule is CCOC(=O)c1cccc(NCC(CC)CC)c1N. The first-order valence-corrected chi connectivity index (χ1v) is 6.93. The molecule has 0 fully saturated rings. The summed E-state index contributed by atoms with van der Waals surface area (Å²) in [5.74, 6) is 0.247. The summed E-state index contributed by atoms with van der Waals surface area (Å²) in [4.78, 5) is 11.7. The molecule has 0 bridgehead atoms. The molecule has 0 radical (unpaired) electrons. The molecule has 0 amide bonds. The van der Waals surface area contributed by atoms with Crippen molar-refractivity contribution in [2.24, 2.45) is 5.92 Å². The van der Waals surface area contributed by atoms with Gasteiger partial charge in [0.25, 0.3) is 0 Å². The number of rotatable bonds is 7. The number of anilines is 2. The molecule has 0 saturated heterocycles. The second-order valence-corrected chi connectivity index (χ2v) is 4.55. The van der Waals surface area contributed by atoms with E-state index in [0.29, 0.717) is 23.8 Å². The Hall–Kier alpha value is -1.71. The van der Waals surface area contributed by atoms with Gasteiger partial charge >= 0.3 is 5.97 Å². The minimum Gasteiger partial charge on any atom is -0.462 e. The first kappa shape index (κ1) is 15.3. The summed E-state index contributed by atoms with van der Waals surface area (Å²) in [5, 5.41) is 3.32. The minimum atomic E-state index is -0.369. The van der Waals surface area contributed by atoms with Gasteiger partial charge in [0.05, 0.1) is 23.5 Å². The number of nitrogens with one attached hydrogen (secondary N) is 1. The van der Waals surface area contributed by atoms with Crippen LogP contribution in [-0.2, 0) is 4.74 Å². The van der Waals surface area contributed by atoms with Gasteiger partial charge in [-0.05, 0) is 25.0 Å². The number of para-hydroxylation sites is 1. The molecule has 4 heteroatoms. The maximum absolute atomic E-state index is 11.7. The van der Waals surface area contributed by atoms with Crippen LogP contribution >= 0.6 is 0 Å². The summed E-state index contributed by atoms with van der Waals surface area (Å²) in [6.07, 6.45) is 2.25. The molecule has 19 heavy (non-hydrogen) atoms. The maximum atomic E-state index is 11.7. The van der Waals surface area contributed by atoms with Crippen molar-refractivity contribution in [2.45, 2.75) is 33.6 Å². The third-order valence-corrected chi connectivity index (χ3v) is 3.34. The van der Waals surface area contributed by atoms with E-state index in [9.17, 15) is 4.79 Å². The van der Waals surface area contributed by atoms with Crippen LogP contribution in [0.15, 0.2) is 18.2 Å². The van der Waals surface area contributed by atoms with E-state index in [1.165, 1.54) is 0 Å². The van der Waals surface area contributed by atoms with Crippen LogP contribution in [-0.4, -0.2) is 19.1 Å². The van der Waals surface area contributed by atoms with Crippen molar-refractivity contribution < 1.29 is 9.53 Å². The molecule has 0 aliphatic rings. The van der Waals surface area contributed by atoms with Crippen LogP contribution in [0, 0.1) is 5.92 Å². The third-order valence-electron chi connectivity index (χ3n) is 3.34. The van der Waals surface area contributed by atoms with Crippen LogP contribution in [0.4, 0.5) is 11.4 Å². The Labute approximate surface area is 115 Å². The van der Waals surface area contributed by atoms with Gasteiger partial charge in [-0.15, -0.1) is 0 Å². The molecule has 0 saturated carbocycles. The summed E-state index contributed by atoms with van der Waals surface area (Å²) in [6, 6.07) is 5.40. The summed E-state index contributed by atoms with van der Waals surface area (Å²) in [5.41, 5.74) is 7.72. The Morgan fingerprint density at radius 2 is 2.00 bits per heavy atom. The highest BCUT2D eigenvalue weighted by molar-refractivity contribution is 5.98. The highest BCUT2D eigenvalue weighted by atomic mass is 16.5. The minimum absolute atomic E-state index is 0.351. The van der Waals surface area contributed by atoms with Crippen molar-refractivity contribution >= 4 is 17.3 Å². The molecule has 0 aromatic heterocycles. The van der Waals surface area contributed by atoms with Crippen molar-refractivity contribution in [1.82, 2.24) is 0 Å². The van der Waals surface area contributed by atoms with Crippen LogP contribution in [0.3, 0.4) is 0 Å². The second-order valence-electron chi connectivity index (χ2n) is 4.55. The highest BCUT2D eigenvalue weighted by Crippen LogP contribution is 2.24. The Kier molecular flexibility index (Phi) is 6.19. The molecule has 4 nitrogen and oxygen atoms in total. The van der Waals surface area contributed by atoms with Crippen LogP contribution in [0.1, 0.15) is 44.0 Å². The van der Waals surface area contributed by atoms with E-state index in [-0.39, 0.29) is 5.97 Å². The van der Waals surface area contributed by atoms with Crippen LogP contribution < -0.4 is 11.1 Å². The molecular weight excluding hydrogens is 240 g/mol. The van der Waals surface area contributed by atoms with Gasteiger partial charge in [0.15, 0.2) is 0 Å². The van der Waals surface area contributed by atoms with E-state index >= 15 is 0 Å². The quantitative estimate of drug-likeness (QED) is 0.586. The van der Waals surface area contributed by atoms with E-state index in [4.69, 9.17) is 10.5 Å². The zero-order chi connectivity index (χ0) is 14.3. The zero-order valence-electron chi connectivity index (χ0n) is 12.0. The fourth-order valence-corrected chi connectivity index (χ4v) is 1.94.